The van der Waals surface area contributed by atoms with Crippen molar-refractivity contribution in [2.24, 2.45) is 0 Å². The zero-order valence-electron chi connectivity index (χ0n) is 11.4. The maximum atomic E-state index is 3.56. The fourth-order valence-corrected chi connectivity index (χ4v) is 1.83. The van der Waals surface area contributed by atoms with Gasteiger partial charge in [0.15, 0.2) is 0 Å². The predicted octanol–water partition coefficient (Wildman–Crippen LogP) is 5.08. The van der Waals surface area contributed by atoms with Crippen LogP contribution in [0.3, 0.4) is 0 Å². The molecule has 0 saturated carbocycles. The second-order valence-electron chi connectivity index (χ2n) is 5.31. The van der Waals surface area contributed by atoms with E-state index < -0.39 is 0 Å². The summed E-state index contributed by atoms with van der Waals surface area (Å²) in [5.41, 5.74) is 4.24. The summed E-state index contributed by atoms with van der Waals surface area (Å²) in [6, 6.07) is 8.24. The topological polar surface area (TPSA) is 0 Å². The molecule has 0 aliphatic carbocycles. The van der Waals surface area contributed by atoms with Crippen LogP contribution in [0.15, 0.2) is 12.1 Å². The zero-order chi connectivity index (χ0) is 12.1. The summed E-state index contributed by atoms with van der Waals surface area (Å²) < 4.78 is 0. The molecular formula is C16H25. The number of benzene rings is 1. The van der Waals surface area contributed by atoms with Gasteiger partial charge in [0.2, 0.25) is 0 Å². The average Bonchev–Trinajstić information content (AvgIpc) is 2.25. The Hall–Kier alpha value is -0.780. The highest BCUT2D eigenvalue weighted by molar-refractivity contribution is 5.32. The van der Waals surface area contributed by atoms with E-state index in [1.807, 2.05) is 0 Å². The third-order valence-corrected chi connectivity index (χ3v) is 3.03. The minimum atomic E-state index is 0.582. The van der Waals surface area contributed by atoms with Crippen molar-refractivity contribution in [2.75, 3.05) is 0 Å². The molecule has 1 radical (unpaired) electrons. The Balaban J connectivity index is 2.99. The molecule has 1 rings (SSSR count). The lowest BCUT2D eigenvalue weighted by molar-refractivity contribution is 0.779. The van der Waals surface area contributed by atoms with E-state index in [2.05, 4.69) is 52.8 Å². The van der Waals surface area contributed by atoms with Crippen molar-refractivity contribution in [1.29, 1.82) is 0 Å². The molecule has 0 nitrogen and oxygen atoms in total. The van der Waals surface area contributed by atoms with Crippen LogP contribution in [-0.4, -0.2) is 0 Å². The molecule has 1 aromatic carbocycles. The van der Waals surface area contributed by atoms with E-state index >= 15 is 0 Å². The molecule has 0 saturated heterocycles. The standard InChI is InChI=1S/C16H25/c1-6-7-8-14-9-15(12(2)3)11-16(10-14)13(4)5/h9-10,12-13H,6-8H2,1-5H3. The first-order chi connectivity index (χ1) is 7.54. The summed E-state index contributed by atoms with van der Waals surface area (Å²) >= 11 is 0. The van der Waals surface area contributed by atoms with E-state index in [0.29, 0.717) is 11.8 Å². The molecule has 16 heavy (non-hydrogen) atoms. The maximum Gasteiger partial charge on any atom is -0.0109 e. The van der Waals surface area contributed by atoms with Crippen LogP contribution in [0.4, 0.5) is 0 Å². The van der Waals surface area contributed by atoms with Gasteiger partial charge in [-0.3, -0.25) is 0 Å². The lowest BCUT2D eigenvalue weighted by atomic mass is 9.92. The highest BCUT2D eigenvalue weighted by atomic mass is 14.1. The first kappa shape index (κ1) is 13.3. The number of unbranched alkanes of at least 4 members (excludes halogenated alkanes) is 1. The molecule has 0 unspecified atom stereocenters. The van der Waals surface area contributed by atoms with Crippen LogP contribution in [0.5, 0.6) is 0 Å². The fourth-order valence-electron chi connectivity index (χ4n) is 1.83. The monoisotopic (exact) mass is 217 g/mol. The van der Waals surface area contributed by atoms with Crippen LogP contribution >= 0.6 is 0 Å². The maximum absolute atomic E-state index is 3.56. The van der Waals surface area contributed by atoms with Gasteiger partial charge in [-0.1, -0.05) is 53.2 Å². The van der Waals surface area contributed by atoms with Crippen molar-refractivity contribution in [1.82, 2.24) is 0 Å². The molecule has 0 heterocycles. The van der Waals surface area contributed by atoms with Crippen LogP contribution in [0.1, 0.15) is 76.0 Å². The second-order valence-corrected chi connectivity index (χ2v) is 5.31. The molecule has 0 atom stereocenters. The molecule has 0 N–H and O–H groups in total. The van der Waals surface area contributed by atoms with E-state index in [9.17, 15) is 0 Å². The predicted molar refractivity (Wildman–Crippen MR) is 72.1 cm³/mol. The molecule has 0 aliphatic rings. The molecule has 89 valence electrons. The summed E-state index contributed by atoms with van der Waals surface area (Å²) in [5.74, 6) is 1.16. The fraction of sp³-hybridized carbons (Fsp3) is 0.625. The van der Waals surface area contributed by atoms with Crippen molar-refractivity contribution in [3.05, 3.63) is 34.9 Å². The zero-order valence-corrected chi connectivity index (χ0v) is 11.4. The van der Waals surface area contributed by atoms with Gasteiger partial charge in [0.25, 0.3) is 0 Å². The third kappa shape index (κ3) is 3.66. The van der Waals surface area contributed by atoms with E-state index in [1.165, 1.54) is 36.0 Å². The van der Waals surface area contributed by atoms with Crippen molar-refractivity contribution in [3.63, 3.8) is 0 Å². The van der Waals surface area contributed by atoms with Crippen molar-refractivity contribution < 1.29 is 0 Å². The van der Waals surface area contributed by atoms with Gasteiger partial charge in [0, 0.05) is 0 Å². The lowest BCUT2D eigenvalue weighted by Gasteiger charge is -2.13. The van der Waals surface area contributed by atoms with Crippen molar-refractivity contribution in [2.45, 2.75) is 65.7 Å². The van der Waals surface area contributed by atoms with Gasteiger partial charge in [-0.15, -0.1) is 0 Å². The van der Waals surface area contributed by atoms with Gasteiger partial charge in [-0.25, -0.2) is 0 Å². The highest BCUT2D eigenvalue weighted by Gasteiger charge is 2.07. The number of hydrogen-bond donors (Lipinski definition) is 0. The first-order valence-electron chi connectivity index (χ1n) is 6.60. The first-order valence-corrected chi connectivity index (χ1v) is 6.60. The van der Waals surface area contributed by atoms with Gasteiger partial charge in [-0.05, 0) is 47.4 Å². The van der Waals surface area contributed by atoms with E-state index in [0.717, 1.165) is 0 Å². The van der Waals surface area contributed by atoms with Gasteiger partial charge in [0.05, 0.1) is 0 Å². The Labute approximate surface area is 101 Å². The van der Waals surface area contributed by atoms with Crippen LogP contribution in [0.2, 0.25) is 0 Å². The smallest absolute Gasteiger partial charge is 0.0109 e. The normalized spacial score (nSPS) is 11.4. The Kier molecular flexibility index (Phi) is 5.05. The van der Waals surface area contributed by atoms with Gasteiger partial charge < -0.3 is 0 Å². The van der Waals surface area contributed by atoms with E-state index in [4.69, 9.17) is 0 Å². The Morgan fingerprint density at radius 2 is 1.50 bits per heavy atom. The quantitative estimate of drug-likeness (QED) is 0.645. The van der Waals surface area contributed by atoms with Crippen LogP contribution in [-0.2, 0) is 6.42 Å². The highest BCUT2D eigenvalue weighted by Crippen LogP contribution is 2.23. The molecule has 0 amide bonds. The Morgan fingerprint density at radius 3 is 1.88 bits per heavy atom. The van der Waals surface area contributed by atoms with Crippen LogP contribution < -0.4 is 0 Å². The van der Waals surface area contributed by atoms with Crippen LogP contribution in [0, 0.1) is 6.07 Å². The summed E-state index contributed by atoms with van der Waals surface area (Å²) in [5, 5.41) is 0. The average molecular weight is 217 g/mol. The minimum absolute atomic E-state index is 0.582. The molecule has 1 aromatic rings. The molecule has 0 fully saturated rings. The minimum Gasteiger partial charge on any atom is -0.0654 e. The lowest BCUT2D eigenvalue weighted by Crippen LogP contribution is -1.97. The number of hydrogen-bond acceptors (Lipinski definition) is 0. The largest absolute Gasteiger partial charge is 0.0654 e. The Bertz CT molecular complexity index is 295. The summed E-state index contributed by atoms with van der Waals surface area (Å²) in [6.07, 6.45) is 3.77. The second kappa shape index (κ2) is 6.08. The molecule has 0 heteroatoms. The van der Waals surface area contributed by atoms with Gasteiger partial charge in [-0.2, -0.15) is 0 Å². The van der Waals surface area contributed by atoms with Gasteiger partial charge in [0.1, 0.15) is 0 Å². The summed E-state index contributed by atoms with van der Waals surface area (Å²) in [6.45, 7) is 11.2. The van der Waals surface area contributed by atoms with Crippen molar-refractivity contribution >= 4 is 0 Å². The van der Waals surface area contributed by atoms with Gasteiger partial charge >= 0.3 is 0 Å². The summed E-state index contributed by atoms with van der Waals surface area (Å²) in [4.78, 5) is 0. The number of rotatable bonds is 5. The van der Waals surface area contributed by atoms with E-state index in [-0.39, 0.29) is 0 Å². The Morgan fingerprint density at radius 1 is 1.00 bits per heavy atom. The molecule has 0 bridgehead atoms. The van der Waals surface area contributed by atoms with Crippen molar-refractivity contribution in [3.8, 4) is 0 Å². The van der Waals surface area contributed by atoms with E-state index in [1.54, 1.807) is 0 Å². The molecule has 0 aliphatic heterocycles. The molecule has 0 spiro atoms. The number of aryl methyl sites for hydroxylation is 1. The molecule has 0 aromatic heterocycles. The third-order valence-electron chi connectivity index (χ3n) is 3.03. The summed E-state index contributed by atoms with van der Waals surface area (Å²) in [7, 11) is 0. The SMILES string of the molecule is CCCCc1cc(C(C)C)[c]c(C(C)C)c1. The molecular weight excluding hydrogens is 192 g/mol. The van der Waals surface area contributed by atoms with Crippen LogP contribution in [0.25, 0.3) is 0 Å².